The Labute approximate surface area is 168 Å². The number of aliphatic hydroxyl groups excluding tert-OH is 1. The zero-order chi connectivity index (χ0) is 20.6. The Bertz CT molecular complexity index is 776. The average Bonchev–Trinajstić information content (AvgIpc) is 3.07. The molecule has 1 aliphatic heterocycles. The minimum atomic E-state index is -2.81. The van der Waals surface area contributed by atoms with Crippen molar-refractivity contribution in [3.05, 3.63) is 60.7 Å². The first-order chi connectivity index (χ1) is 13.1. The van der Waals surface area contributed by atoms with E-state index in [9.17, 15) is 15.0 Å². The summed E-state index contributed by atoms with van der Waals surface area (Å²) in [5, 5.41) is 24.3. The molecule has 0 aliphatic carbocycles. The topological polar surface area (TPSA) is 66.8 Å². The van der Waals surface area contributed by atoms with Crippen molar-refractivity contribution in [2.75, 3.05) is 0 Å². The van der Waals surface area contributed by atoms with Gasteiger partial charge in [0, 0.05) is 13.3 Å². The van der Waals surface area contributed by atoms with Crippen molar-refractivity contribution in [2.45, 2.75) is 63.2 Å². The molecule has 2 aromatic carbocycles. The zero-order valence-electron chi connectivity index (χ0n) is 17.1. The van der Waals surface area contributed by atoms with Gasteiger partial charge in [-0.1, -0.05) is 91.8 Å². The fourth-order valence-electron chi connectivity index (χ4n) is 4.69. The minimum absolute atomic E-state index is 0.211. The van der Waals surface area contributed by atoms with Crippen LogP contribution in [0.3, 0.4) is 0 Å². The van der Waals surface area contributed by atoms with Gasteiger partial charge in [-0.3, -0.25) is 4.79 Å². The summed E-state index contributed by atoms with van der Waals surface area (Å²) >= 11 is 0. The number of ether oxygens (including phenoxy) is 1. The van der Waals surface area contributed by atoms with Gasteiger partial charge in [-0.25, -0.2) is 0 Å². The predicted molar refractivity (Wildman–Crippen MR) is 113 cm³/mol. The second kappa shape index (κ2) is 7.56. The Morgan fingerprint density at radius 1 is 1.07 bits per heavy atom. The van der Waals surface area contributed by atoms with Crippen LogP contribution in [-0.2, 0) is 9.53 Å². The third kappa shape index (κ3) is 3.37. The first-order valence-corrected chi connectivity index (χ1v) is 11.9. The molecule has 1 saturated heterocycles. The fourth-order valence-corrected chi connectivity index (χ4v) is 10.6. The molecule has 0 radical (unpaired) electrons. The predicted octanol–water partition coefficient (Wildman–Crippen LogP) is 2.41. The van der Waals surface area contributed by atoms with Crippen LogP contribution in [0.4, 0.5) is 0 Å². The van der Waals surface area contributed by atoms with E-state index in [1.54, 1.807) is 0 Å². The maximum absolute atomic E-state index is 11.9. The molecule has 3 atom stereocenters. The second-order valence-corrected chi connectivity index (χ2v) is 13.6. The minimum Gasteiger partial charge on any atom is -0.393 e. The van der Waals surface area contributed by atoms with E-state index in [0.717, 1.165) is 10.4 Å². The smallest absolute Gasteiger partial charge is 0.226 e. The van der Waals surface area contributed by atoms with Gasteiger partial charge in [0.25, 0.3) is 0 Å². The lowest BCUT2D eigenvalue weighted by atomic mass is 10.1. The Morgan fingerprint density at radius 3 is 1.89 bits per heavy atom. The lowest BCUT2D eigenvalue weighted by Gasteiger charge is -2.48. The highest BCUT2D eigenvalue weighted by Gasteiger charge is 2.58. The van der Waals surface area contributed by atoms with Crippen molar-refractivity contribution in [3.8, 4) is 0 Å². The number of carbonyl (C=O) groups excluding carboxylic acids is 1. The van der Waals surface area contributed by atoms with Gasteiger partial charge < -0.3 is 14.9 Å². The Morgan fingerprint density at radius 2 is 1.54 bits per heavy atom. The summed E-state index contributed by atoms with van der Waals surface area (Å²) < 4.78 is 5.81. The van der Waals surface area contributed by atoms with Crippen molar-refractivity contribution < 1.29 is 19.7 Å². The van der Waals surface area contributed by atoms with Crippen molar-refractivity contribution in [3.63, 3.8) is 0 Å². The van der Waals surface area contributed by atoms with Gasteiger partial charge in [0.2, 0.25) is 5.79 Å². The van der Waals surface area contributed by atoms with Gasteiger partial charge in [0.05, 0.1) is 11.8 Å². The number of hydrogen-bond acceptors (Lipinski definition) is 4. The summed E-state index contributed by atoms with van der Waals surface area (Å²) in [5.74, 6) is -2.21. The van der Waals surface area contributed by atoms with Crippen LogP contribution in [0.25, 0.3) is 0 Å². The molecular formula is C23H30O4Si. The molecule has 28 heavy (non-hydrogen) atoms. The van der Waals surface area contributed by atoms with Crippen molar-refractivity contribution >= 4 is 24.2 Å². The summed E-state index contributed by atoms with van der Waals surface area (Å²) in [7, 11) is -2.81. The van der Waals surface area contributed by atoms with Crippen LogP contribution in [0.2, 0.25) is 5.04 Å². The van der Waals surface area contributed by atoms with Gasteiger partial charge in [-0.15, -0.1) is 0 Å². The SMILES string of the molecule is CC(=O)[C@@]1(O)CC[C@@H](C(O)[Si](c2ccccc2)(c2ccccc2)C(C)(C)C)O1. The molecule has 1 unspecified atom stereocenters. The van der Waals surface area contributed by atoms with Gasteiger partial charge in [-0.05, 0) is 11.5 Å². The van der Waals surface area contributed by atoms with E-state index >= 15 is 0 Å². The average molecular weight is 399 g/mol. The van der Waals surface area contributed by atoms with Gasteiger partial charge in [-0.2, -0.15) is 0 Å². The van der Waals surface area contributed by atoms with Gasteiger partial charge in [0.1, 0.15) is 0 Å². The zero-order valence-corrected chi connectivity index (χ0v) is 18.1. The Hall–Kier alpha value is -1.79. The Kier molecular flexibility index (Phi) is 5.65. The van der Waals surface area contributed by atoms with Crippen LogP contribution in [0.15, 0.2) is 60.7 Å². The Balaban J connectivity index is 2.18. The molecule has 0 bridgehead atoms. The van der Waals surface area contributed by atoms with Crippen LogP contribution in [0, 0.1) is 0 Å². The highest BCUT2D eigenvalue weighted by atomic mass is 28.3. The third-order valence-corrected chi connectivity index (χ3v) is 12.2. The summed E-state index contributed by atoms with van der Waals surface area (Å²) in [5.41, 5.74) is -0.814. The van der Waals surface area contributed by atoms with Crippen LogP contribution in [-0.4, -0.2) is 41.7 Å². The molecule has 5 heteroatoms. The van der Waals surface area contributed by atoms with Crippen molar-refractivity contribution in [1.82, 2.24) is 0 Å². The largest absolute Gasteiger partial charge is 0.393 e. The maximum Gasteiger partial charge on any atom is 0.226 e. The van der Waals surface area contributed by atoms with E-state index in [1.165, 1.54) is 6.92 Å². The number of Topliss-reactive ketones (excluding diaryl/α,β-unsaturated/α-hetero) is 1. The van der Waals surface area contributed by atoms with Crippen LogP contribution < -0.4 is 10.4 Å². The molecule has 0 aromatic heterocycles. The summed E-state index contributed by atoms with van der Waals surface area (Å²) in [6.07, 6.45) is 0.0597. The van der Waals surface area contributed by atoms with Crippen molar-refractivity contribution in [1.29, 1.82) is 0 Å². The summed E-state index contributed by atoms with van der Waals surface area (Å²) in [6, 6.07) is 20.3. The van der Waals surface area contributed by atoms with Gasteiger partial charge >= 0.3 is 0 Å². The lowest BCUT2D eigenvalue weighted by Crippen LogP contribution is -2.74. The molecule has 0 saturated carbocycles. The molecule has 4 nitrogen and oxygen atoms in total. The number of benzene rings is 2. The van der Waals surface area contributed by atoms with E-state index in [-0.39, 0.29) is 11.5 Å². The molecule has 1 heterocycles. The highest BCUT2D eigenvalue weighted by molar-refractivity contribution is 7.05. The highest BCUT2D eigenvalue weighted by Crippen LogP contribution is 2.42. The monoisotopic (exact) mass is 398 g/mol. The molecule has 1 fully saturated rings. The molecule has 2 aromatic rings. The molecule has 0 amide bonds. The molecular weight excluding hydrogens is 368 g/mol. The molecule has 0 spiro atoms. The lowest BCUT2D eigenvalue weighted by molar-refractivity contribution is -0.202. The van der Waals surface area contributed by atoms with Gasteiger partial charge in [0.15, 0.2) is 13.9 Å². The number of hydrogen-bond donors (Lipinski definition) is 2. The number of ketones is 1. The van der Waals surface area contributed by atoms with Crippen LogP contribution in [0.5, 0.6) is 0 Å². The third-order valence-electron chi connectivity index (χ3n) is 6.10. The fraction of sp³-hybridized carbons (Fsp3) is 0.435. The van der Waals surface area contributed by atoms with Crippen molar-refractivity contribution in [2.24, 2.45) is 0 Å². The van der Waals surface area contributed by atoms with Crippen LogP contribution in [0.1, 0.15) is 40.5 Å². The second-order valence-electron chi connectivity index (χ2n) is 8.77. The maximum atomic E-state index is 11.9. The van der Waals surface area contributed by atoms with E-state index < -0.39 is 31.5 Å². The van der Waals surface area contributed by atoms with E-state index in [4.69, 9.17) is 4.74 Å². The quantitative estimate of drug-likeness (QED) is 0.759. The normalized spacial score (nSPS) is 24.1. The van der Waals surface area contributed by atoms with E-state index in [0.29, 0.717) is 6.42 Å². The first-order valence-electron chi connectivity index (χ1n) is 9.83. The number of carbonyl (C=O) groups is 1. The molecule has 1 aliphatic rings. The van der Waals surface area contributed by atoms with Crippen LogP contribution >= 0.6 is 0 Å². The molecule has 150 valence electrons. The summed E-state index contributed by atoms with van der Waals surface area (Å²) in [4.78, 5) is 11.9. The van der Waals surface area contributed by atoms with E-state index in [1.807, 2.05) is 36.4 Å². The standard InChI is InChI=1S/C23H30O4Si/c1-17(24)23(26)16-15-20(27-23)21(25)28(22(2,3)4,18-11-7-5-8-12-18)19-13-9-6-10-14-19/h5-14,20-21,25-26H,15-16H2,1-4H3/t20-,21?,23+/m0/s1. The molecule has 3 rings (SSSR count). The first kappa shape index (κ1) is 20.9. The summed E-state index contributed by atoms with van der Waals surface area (Å²) in [6.45, 7) is 7.81. The molecule has 2 N–H and O–H groups in total. The number of aliphatic hydroxyl groups is 2. The number of rotatable bonds is 5. The van der Waals surface area contributed by atoms with E-state index in [2.05, 4.69) is 45.0 Å².